The molecule has 1 heterocycles. The van der Waals surface area contributed by atoms with Gasteiger partial charge in [0, 0.05) is 0 Å². The molecule has 2 aromatic carbocycles. The van der Waals surface area contributed by atoms with Crippen LogP contribution in [0, 0.1) is 0 Å². The molecule has 1 aliphatic heterocycles. The molecule has 0 fully saturated rings. The van der Waals surface area contributed by atoms with Crippen LogP contribution in [0.5, 0.6) is 5.75 Å². The van der Waals surface area contributed by atoms with Gasteiger partial charge in [-0.3, -0.25) is 14.9 Å². The lowest BCUT2D eigenvalue weighted by atomic mass is 10.0. The van der Waals surface area contributed by atoms with Gasteiger partial charge in [-0.2, -0.15) is 0 Å². The third kappa shape index (κ3) is 5.64. The van der Waals surface area contributed by atoms with Gasteiger partial charge in [0.15, 0.2) is 0 Å². The summed E-state index contributed by atoms with van der Waals surface area (Å²) in [6.45, 7) is 6.79. The summed E-state index contributed by atoms with van der Waals surface area (Å²) in [4.78, 5) is 26.9. The molecule has 0 bridgehead atoms. The number of ether oxygens (including phenoxy) is 1. The standard InChI is InChI=1S/C25H32N2O4/c1-4-5-8-20(25(29)30)26-21-16-31-23-10-7-6-9-22(23)27(24(21)28)15-18-11-13-19(14-12-18)17(2)3/h6-7,9-14,17,20-21,26H,4-5,8,15-16H2,1-3H3,(H,29,30)/t20-,21-/m0/s1. The number of carboxylic acid groups (broad SMARTS) is 1. The Balaban J connectivity index is 1.86. The Bertz CT molecular complexity index is 895. The van der Waals surface area contributed by atoms with Gasteiger partial charge in [-0.15, -0.1) is 0 Å². The van der Waals surface area contributed by atoms with E-state index in [-0.39, 0.29) is 12.5 Å². The molecular weight excluding hydrogens is 392 g/mol. The highest BCUT2D eigenvalue weighted by molar-refractivity contribution is 5.99. The third-order valence-electron chi connectivity index (χ3n) is 5.66. The van der Waals surface area contributed by atoms with Crippen LogP contribution in [0.4, 0.5) is 5.69 Å². The number of unbranched alkanes of at least 4 members (excludes halogenated alkanes) is 1. The summed E-state index contributed by atoms with van der Waals surface area (Å²) in [5, 5.41) is 12.6. The quantitative estimate of drug-likeness (QED) is 0.626. The van der Waals surface area contributed by atoms with Crippen LogP contribution < -0.4 is 15.0 Å². The molecule has 0 saturated carbocycles. The van der Waals surface area contributed by atoms with Crippen LogP contribution in [0.15, 0.2) is 48.5 Å². The van der Waals surface area contributed by atoms with Crippen LogP contribution >= 0.6 is 0 Å². The van der Waals surface area contributed by atoms with Gasteiger partial charge in [0.2, 0.25) is 5.91 Å². The van der Waals surface area contributed by atoms with Crippen molar-refractivity contribution in [3.63, 3.8) is 0 Å². The molecule has 0 unspecified atom stereocenters. The fourth-order valence-corrected chi connectivity index (χ4v) is 3.76. The second-order valence-corrected chi connectivity index (χ2v) is 8.35. The Morgan fingerprint density at radius 2 is 1.90 bits per heavy atom. The maximum Gasteiger partial charge on any atom is 0.320 e. The lowest BCUT2D eigenvalue weighted by molar-refractivity contribution is -0.140. The normalized spacial score (nSPS) is 17.1. The van der Waals surface area contributed by atoms with Gasteiger partial charge >= 0.3 is 5.97 Å². The number of hydrogen-bond acceptors (Lipinski definition) is 4. The van der Waals surface area contributed by atoms with Gasteiger partial charge < -0.3 is 14.7 Å². The number of benzene rings is 2. The molecule has 2 N–H and O–H groups in total. The number of carbonyl (C=O) groups excluding carboxylic acids is 1. The number of anilines is 1. The Morgan fingerprint density at radius 1 is 1.19 bits per heavy atom. The fraction of sp³-hybridized carbons (Fsp3) is 0.440. The van der Waals surface area contributed by atoms with Crippen LogP contribution in [0.25, 0.3) is 0 Å². The first-order valence-electron chi connectivity index (χ1n) is 11.0. The lowest BCUT2D eigenvalue weighted by Gasteiger charge is -2.27. The smallest absolute Gasteiger partial charge is 0.320 e. The zero-order chi connectivity index (χ0) is 22.4. The van der Waals surface area contributed by atoms with E-state index in [1.54, 1.807) is 4.90 Å². The Labute approximate surface area is 184 Å². The van der Waals surface area contributed by atoms with Crippen molar-refractivity contribution in [2.24, 2.45) is 0 Å². The maximum absolute atomic E-state index is 13.5. The van der Waals surface area contributed by atoms with E-state index >= 15 is 0 Å². The Morgan fingerprint density at radius 3 is 2.55 bits per heavy atom. The molecular formula is C25H32N2O4. The largest absolute Gasteiger partial charge is 0.489 e. The number of nitrogens with one attached hydrogen (secondary N) is 1. The monoisotopic (exact) mass is 424 g/mol. The van der Waals surface area contributed by atoms with Gasteiger partial charge in [0.25, 0.3) is 0 Å². The predicted octanol–water partition coefficient (Wildman–Crippen LogP) is 4.34. The molecule has 2 aromatic rings. The minimum absolute atomic E-state index is 0.0918. The molecule has 2 atom stereocenters. The van der Waals surface area contributed by atoms with E-state index in [0.29, 0.717) is 30.3 Å². The van der Waals surface area contributed by atoms with E-state index in [1.165, 1.54) is 5.56 Å². The van der Waals surface area contributed by atoms with Crippen LogP contribution in [0.2, 0.25) is 0 Å². The van der Waals surface area contributed by atoms with E-state index < -0.39 is 18.1 Å². The molecule has 0 saturated heterocycles. The van der Waals surface area contributed by atoms with Crippen LogP contribution in [0.1, 0.15) is 57.1 Å². The van der Waals surface area contributed by atoms with E-state index in [9.17, 15) is 14.7 Å². The number of para-hydroxylation sites is 2. The lowest BCUT2D eigenvalue weighted by Crippen LogP contribution is -2.53. The number of nitrogens with zero attached hydrogens (tertiary/aromatic N) is 1. The molecule has 1 amide bonds. The highest BCUT2D eigenvalue weighted by Gasteiger charge is 2.34. The molecule has 3 rings (SSSR count). The van der Waals surface area contributed by atoms with Crippen LogP contribution in [-0.2, 0) is 16.1 Å². The summed E-state index contributed by atoms with van der Waals surface area (Å²) < 4.78 is 5.92. The molecule has 0 spiro atoms. The average molecular weight is 425 g/mol. The topological polar surface area (TPSA) is 78.9 Å². The van der Waals surface area contributed by atoms with Crippen molar-refractivity contribution in [2.45, 2.75) is 64.6 Å². The average Bonchev–Trinajstić information content (AvgIpc) is 2.89. The predicted molar refractivity (Wildman–Crippen MR) is 122 cm³/mol. The number of carboxylic acids is 1. The highest BCUT2D eigenvalue weighted by Crippen LogP contribution is 2.32. The van der Waals surface area contributed by atoms with E-state index in [0.717, 1.165) is 18.4 Å². The Kier molecular flexibility index (Phi) is 7.69. The molecule has 31 heavy (non-hydrogen) atoms. The Hall–Kier alpha value is -2.86. The van der Waals surface area contributed by atoms with Crippen molar-refractivity contribution in [3.05, 3.63) is 59.7 Å². The summed E-state index contributed by atoms with van der Waals surface area (Å²) >= 11 is 0. The number of hydrogen-bond donors (Lipinski definition) is 2. The molecule has 0 aromatic heterocycles. The third-order valence-corrected chi connectivity index (χ3v) is 5.66. The van der Waals surface area contributed by atoms with E-state index in [1.807, 2.05) is 43.3 Å². The summed E-state index contributed by atoms with van der Waals surface area (Å²) in [5.74, 6) is -0.0634. The SMILES string of the molecule is CCCC[C@H](N[C@H]1COc2ccccc2N(Cc2ccc(C(C)C)cc2)C1=O)C(=O)O. The molecule has 166 valence electrons. The van der Waals surface area contributed by atoms with Crippen molar-refractivity contribution in [2.75, 3.05) is 11.5 Å². The molecule has 0 radical (unpaired) electrons. The highest BCUT2D eigenvalue weighted by atomic mass is 16.5. The minimum atomic E-state index is -0.946. The molecule has 6 nitrogen and oxygen atoms in total. The molecule has 1 aliphatic rings. The van der Waals surface area contributed by atoms with Gasteiger partial charge in [0.1, 0.15) is 24.4 Å². The second-order valence-electron chi connectivity index (χ2n) is 8.35. The summed E-state index contributed by atoms with van der Waals surface area (Å²) in [6.07, 6.45) is 2.14. The fourth-order valence-electron chi connectivity index (χ4n) is 3.76. The zero-order valence-electron chi connectivity index (χ0n) is 18.5. The van der Waals surface area contributed by atoms with Gasteiger partial charge in [-0.05, 0) is 35.6 Å². The summed E-state index contributed by atoms with van der Waals surface area (Å²) in [6, 6.07) is 14.2. The first-order chi connectivity index (χ1) is 14.9. The van der Waals surface area contributed by atoms with Crippen molar-refractivity contribution < 1.29 is 19.4 Å². The first-order valence-corrected chi connectivity index (χ1v) is 11.0. The summed E-state index contributed by atoms with van der Waals surface area (Å²) in [7, 11) is 0. The number of rotatable bonds is 9. The molecule has 6 heteroatoms. The number of fused-ring (bicyclic) bond motifs is 1. The second kappa shape index (κ2) is 10.4. The van der Waals surface area contributed by atoms with Crippen molar-refractivity contribution in [1.29, 1.82) is 0 Å². The van der Waals surface area contributed by atoms with Crippen LogP contribution in [0.3, 0.4) is 0 Å². The van der Waals surface area contributed by atoms with Crippen LogP contribution in [-0.4, -0.2) is 35.7 Å². The van der Waals surface area contributed by atoms with Gasteiger partial charge in [0.05, 0.1) is 12.2 Å². The van der Waals surface area contributed by atoms with Crippen molar-refractivity contribution in [1.82, 2.24) is 5.32 Å². The number of carbonyl (C=O) groups is 2. The first kappa shape index (κ1) is 22.8. The minimum Gasteiger partial charge on any atom is -0.489 e. The van der Waals surface area contributed by atoms with Gasteiger partial charge in [-0.1, -0.05) is 70.0 Å². The van der Waals surface area contributed by atoms with Gasteiger partial charge in [-0.25, -0.2) is 0 Å². The van der Waals surface area contributed by atoms with Crippen molar-refractivity contribution in [3.8, 4) is 5.75 Å². The molecule has 0 aliphatic carbocycles. The van der Waals surface area contributed by atoms with E-state index in [4.69, 9.17) is 4.74 Å². The number of amides is 1. The van der Waals surface area contributed by atoms with E-state index in [2.05, 4.69) is 31.3 Å². The maximum atomic E-state index is 13.5. The summed E-state index contributed by atoms with van der Waals surface area (Å²) in [5.41, 5.74) is 2.95. The van der Waals surface area contributed by atoms with Crippen molar-refractivity contribution >= 4 is 17.6 Å². The number of aliphatic carboxylic acids is 1. The zero-order valence-corrected chi connectivity index (χ0v) is 18.5.